The van der Waals surface area contributed by atoms with Crippen LogP contribution >= 0.6 is 0 Å². The SMILES string of the molecule is CCC(=O)N(CC1(N2CCN(CCOC(C)C)CC2)CCOCC1)c1ncccc1F. The van der Waals surface area contributed by atoms with E-state index in [0.717, 1.165) is 52.2 Å². The number of aromatic nitrogens is 1. The number of hydrogen-bond donors (Lipinski definition) is 0. The maximum absolute atomic E-state index is 14.6. The molecule has 3 heterocycles. The molecule has 3 rings (SSSR count). The minimum Gasteiger partial charge on any atom is -0.381 e. The summed E-state index contributed by atoms with van der Waals surface area (Å²) in [6, 6.07) is 2.92. The summed E-state index contributed by atoms with van der Waals surface area (Å²) >= 11 is 0. The summed E-state index contributed by atoms with van der Waals surface area (Å²) in [4.78, 5) is 23.5. The lowest BCUT2D eigenvalue weighted by Crippen LogP contribution is -2.64. The maximum Gasteiger partial charge on any atom is 0.228 e. The molecule has 0 saturated carbocycles. The number of hydrogen-bond acceptors (Lipinski definition) is 6. The van der Waals surface area contributed by atoms with Crippen LogP contribution in [0, 0.1) is 5.82 Å². The summed E-state index contributed by atoms with van der Waals surface area (Å²) in [6.07, 6.45) is 3.76. The topological polar surface area (TPSA) is 58.1 Å². The molecule has 0 unspecified atom stereocenters. The van der Waals surface area contributed by atoms with Crippen LogP contribution in [0.2, 0.25) is 0 Å². The minimum atomic E-state index is -0.457. The van der Waals surface area contributed by atoms with E-state index in [1.165, 1.54) is 6.07 Å². The Labute approximate surface area is 185 Å². The Balaban J connectivity index is 1.73. The molecule has 174 valence electrons. The van der Waals surface area contributed by atoms with Crippen molar-refractivity contribution >= 4 is 11.7 Å². The van der Waals surface area contributed by atoms with Crippen LogP contribution in [0.4, 0.5) is 10.2 Å². The Morgan fingerprint density at radius 3 is 2.61 bits per heavy atom. The smallest absolute Gasteiger partial charge is 0.228 e. The summed E-state index contributed by atoms with van der Waals surface area (Å²) in [5.74, 6) is -0.431. The standard InChI is InChI=1S/C23H37FN4O3/c1-4-21(29)28(22-20(24)6-5-9-25-22)18-23(7-15-30-16-8-23)27-12-10-26(11-13-27)14-17-31-19(2)3/h5-6,9,19H,4,7-8,10-18H2,1-3H3. The third kappa shape index (κ3) is 6.22. The van der Waals surface area contributed by atoms with Crippen molar-refractivity contribution < 1.29 is 18.7 Å². The summed E-state index contributed by atoms with van der Waals surface area (Å²) in [5.41, 5.74) is -0.229. The van der Waals surface area contributed by atoms with E-state index in [-0.39, 0.29) is 23.4 Å². The van der Waals surface area contributed by atoms with Crippen molar-refractivity contribution in [3.05, 3.63) is 24.1 Å². The van der Waals surface area contributed by atoms with Crippen molar-refractivity contribution in [3.8, 4) is 0 Å². The van der Waals surface area contributed by atoms with Gasteiger partial charge in [0.25, 0.3) is 0 Å². The van der Waals surface area contributed by atoms with Gasteiger partial charge in [0.1, 0.15) is 0 Å². The van der Waals surface area contributed by atoms with Gasteiger partial charge in [-0.25, -0.2) is 9.37 Å². The molecule has 7 nitrogen and oxygen atoms in total. The van der Waals surface area contributed by atoms with Crippen molar-refractivity contribution in [1.29, 1.82) is 0 Å². The molecule has 0 spiro atoms. The molecule has 2 aliphatic heterocycles. The third-order valence-corrected chi connectivity index (χ3v) is 6.38. The lowest BCUT2D eigenvalue weighted by molar-refractivity contribution is -0.119. The van der Waals surface area contributed by atoms with Gasteiger partial charge in [-0.15, -0.1) is 0 Å². The molecule has 8 heteroatoms. The van der Waals surface area contributed by atoms with Crippen molar-refractivity contribution in [1.82, 2.24) is 14.8 Å². The van der Waals surface area contributed by atoms with Crippen LogP contribution in [-0.4, -0.2) is 91.4 Å². The number of ether oxygens (including phenoxy) is 2. The molecule has 0 bridgehead atoms. The second-order valence-electron chi connectivity index (χ2n) is 8.73. The first kappa shape index (κ1) is 24.0. The Morgan fingerprint density at radius 1 is 1.29 bits per heavy atom. The Hall–Kier alpha value is -1.61. The van der Waals surface area contributed by atoms with Crippen LogP contribution in [0.3, 0.4) is 0 Å². The zero-order valence-electron chi connectivity index (χ0n) is 19.2. The summed E-state index contributed by atoms with van der Waals surface area (Å²) in [7, 11) is 0. The quantitative estimate of drug-likeness (QED) is 0.593. The van der Waals surface area contributed by atoms with Crippen LogP contribution in [0.1, 0.15) is 40.0 Å². The van der Waals surface area contributed by atoms with Crippen molar-refractivity contribution in [2.45, 2.75) is 51.7 Å². The minimum absolute atomic E-state index is 0.104. The predicted molar refractivity (Wildman–Crippen MR) is 119 cm³/mol. The molecule has 0 atom stereocenters. The molecular weight excluding hydrogens is 399 g/mol. The molecule has 1 amide bonds. The van der Waals surface area contributed by atoms with E-state index in [1.54, 1.807) is 17.2 Å². The van der Waals surface area contributed by atoms with Crippen molar-refractivity contribution in [2.24, 2.45) is 0 Å². The number of carbonyl (C=O) groups excluding carboxylic acids is 1. The fourth-order valence-corrected chi connectivity index (χ4v) is 4.53. The Kier molecular flexibility index (Phi) is 8.77. The molecule has 0 aromatic carbocycles. The fourth-order valence-electron chi connectivity index (χ4n) is 4.53. The van der Waals surface area contributed by atoms with E-state index in [4.69, 9.17) is 9.47 Å². The lowest BCUT2D eigenvalue weighted by Gasteiger charge is -2.51. The second-order valence-corrected chi connectivity index (χ2v) is 8.73. The maximum atomic E-state index is 14.6. The normalized spacial score (nSPS) is 20.2. The number of carbonyl (C=O) groups is 1. The van der Waals surface area contributed by atoms with Crippen LogP contribution in [0.5, 0.6) is 0 Å². The number of rotatable bonds is 9. The summed E-state index contributed by atoms with van der Waals surface area (Å²) in [5, 5.41) is 0. The Morgan fingerprint density at radius 2 is 2.00 bits per heavy atom. The summed E-state index contributed by atoms with van der Waals surface area (Å²) < 4.78 is 25.9. The first-order chi connectivity index (χ1) is 14.9. The van der Waals surface area contributed by atoms with E-state index >= 15 is 0 Å². The number of amides is 1. The lowest BCUT2D eigenvalue weighted by atomic mass is 9.86. The van der Waals surface area contributed by atoms with Gasteiger partial charge in [0, 0.05) is 70.6 Å². The van der Waals surface area contributed by atoms with Gasteiger partial charge in [-0.05, 0) is 38.8 Å². The van der Waals surface area contributed by atoms with Crippen LogP contribution in [0.25, 0.3) is 0 Å². The van der Waals surface area contributed by atoms with Gasteiger partial charge in [-0.1, -0.05) is 6.92 Å². The van der Waals surface area contributed by atoms with Crippen molar-refractivity contribution in [3.63, 3.8) is 0 Å². The average molecular weight is 437 g/mol. The molecule has 2 fully saturated rings. The molecular formula is C23H37FN4O3. The highest BCUT2D eigenvalue weighted by Crippen LogP contribution is 2.32. The number of halogens is 1. The van der Waals surface area contributed by atoms with E-state index in [9.17, 15) is 9.18 Å². The van der Waals surface area contributed by atoms with Gasteiger partial charge in [-0.2, -0.15) is 0 Å². The highest BCUT2D eigenvalue weighted by atomic mass is 19.1. The molecule has 0 N–H and O–H groups in total. The highest BCUT2D eigenvalue weighted by Gasteiger charge is 2.42. The van der Waals surface area contributed by atoms with Gasteiger partial charge in [0.2, 0.25) is 5.91 Å². The number of pyridine rings is 1. The van der Waals surface area contributed by atoms with Gasteiger partial charge < -0.3 is 9.47 Å². The summed E-state index contributed by atoms with van der Waals surface area (Å²) in [6.45, 7) is 13.1. The fraction of sp³-hybridized carbons (Fsp3) is 0.739. The van der Waals surface area contributed by atoms with Gasteiger partial charge in [0.15, 0.2) is 11.6 Å². The van der Waals surface area contributed by atoms with Gasteiger partial charge in [0.05, 0.1) is 12.7 Å². The molecule has 0 aliphatic carbocycles. The van der Waals surface area contributed by atoms with Crippen LogP contribution in [0.15, 0.2) is 18.3 Å². The first-order valence-electron chi connectivity index (χ1n) is 11.5. The molecule has 2 saturated heterocycles. The van der Waals surface area contributed by atoms with Crippen LogP contribution < -0.4 is 4.90 Å². The van der Waals surface area contributed by atoms with Gasteiger partial charge in [-0.3, -0.25) is 19.5 Å². The zero-order chi connectivity index (χ0) is 22.3. The largest absolute Gasteiger partial charge is 0.381 e. The first-order valence-corrected chi connectivity index (χ1v) is 11.5. The Bertz CT molecular complexity index is 704. The van der Waals surface area contributed by atoms with Gasteiger partial charge >= 0.3 is 0 Å². The average Bonchev–Trinajstić information content (AvgIpc) is 2.78. The molecule has 31 heavy (non-hydrogen) atoms. The second kappa shape index (κ2) is 11.3. The third-order valence-electron chi connectivity index (χ3n) is 6.38. The van der Waals surface area contributed by atoms with Crippen molar-refractivity contribution in [2.75, 3.05) is 64.0 Å². The van der Waals surface area contributed by atoms with E-state index in [0.29, 0.717) is 26.2 Å². The van der Waals surface area contributed by atoms with E-state index < -0.39 is 5.82 Å². The predicted octanol–water partition coefficient (Wildman–Crippen LogP) is 2.56. The molecule has 2 aliphatic rings. The number of nitrogens with zero attached hydrogens (tertiary/aromatic N) is 4. The zero-order valence-corrected chi connectivity index (χ0v) is 19.2. The number of anilines is 1. The molecule has 1 aromatic heterocycles. The molecule has 1 aromatic rings. The number of piperazine rings is 1. The van der Waals surface area contributed by atoms with E-state index in [2.05, 4.69) is 28.6 Å². The monoisotopic (exact) mass is 436 g/mol. The highest BCUT2D eigenvalue weighted by molar-refractivity contribution is 5.92. The molecule has 0 radical (unpaired) electrons. The van der Waals surface area contributed by atoms with E-state index in [1.807, 2.05) is 6.92 Å². The van der Waals surface area contributed by atoms with Crippen LogP contribution in [-0.2, 0) is 14.3 Å².